The van der Waals surface area contributed by atoms with Crippen molar-refractivity contribution in [2.45, 2.75) is 38.8 Å². The smallest absolute Gasteiger partial charge is 0.257 e. The molecular weight excluding hydrogens is 203 g/mol. The van der Waals surface area contributed by atoms with E-state index in [0.29, 0.717) is 5.69 Å². The molecule has 0 saturated carbocycles. The fourth-order valence-electron chi connectivity index (χ4n) is 1.20. The van der Waals surface area contributed by atoms with E-state index in [1.54, 1.807) is 12.1 Å². The molecule has 0 unspecified atom stereocenters. The lowest BCUT2D eigenvalue weighted by Gasteiger charge is -2.18. The number of nitrogens with zero attached hydrogens (tertiary/aromatic N) is 1. The fourth-order valence-corrected chi connectivity index (χ4v) is 1.20. The molecule has 0 aromatic carbocycles. The van der Waals surface area contributed by atoms with Crippen LogP contribution in [0.3, 0.4) is 0 Å². The third-order valence-corrected chi connectivity index (χ3v) is 1.96. The van der Waals surface area contributed by atoms with Crippen LogP contribution in [0.25, 0.3) is 0 Å². The van der Waals surface area contributed by atoms with Gasteiger partial charge in [-0.05, 0) is 12.1 Å². The maximum absolute atomic E-state index is 12.1. The zero-order chi connectivity index (χ0) is 11.7. The quantitative estimate of drug-likeness (QED) is 0.701. The SMILES string of the molecule is CC(C)(C)c1cccc(CC(F)(F)F)n1. The Labute approximate surface area is 87.3 Å². The number of alkyl halides is 3. The van der Waals surface area contributed by atoms with Crippen LogP contribution in [0.15, 0.2) is 18.2 Å². The Balaban J connectivity index is 2.94. The molecule has 1 aromatic rings. The topological polar surface area (TPSA) is 12.9 Å². The van der Waals surface area contributed by atoms with Gasteiger partial charge in [0.1, 0.15) is 0 Å². The molecule has 0 amide bonds. The molecule has 0 radical (unpaired) electrons. The van der Waals surface area contributed by atoms with Crippen LogP contribution in [0.1, 0.15) is 32.2 Å². The predicted molar refractivity (Wildman–Crippen MR) is 52.7 cm³/mol. The largest absolute Gasteiger partial charge is 0.394 e. The molecule has 0 aliphatic heterocycles. The molecule has 1 heterocycles. The third kappa shape index (κ3) is 3.90. The molecule has 1 rings (SSSR count). The minimum atomic E-state index is -4.19. The van der Waals surface area contributed by atoms with E-state index < -0.39 is 12.6 Å². The Bertz CT molecular complexity index is 336. The fraction of sp³-hybridized carbons (Fsp3) is 0.545. The molecule has 0 bridgehead atoms. The van der Waals surface area contributed by atoms with Gasteiger partial charge in [-0.2, -0.15) is 13.2 Å². The summed E-state index contributed by atoms with van der Waals surface area (Å²) in [5.74, 6) is 0. The van der Waals surface area contributed by atoms with Gasteiger partial charge in [0.15, 0.2) is 0 Å². The molecule has 15 heavy (non-hydrogen) atoms. The van der Waals surface area contributed by atoms with Gasteiger partial charge in [-0.15, -0.1) is 0 Å². The lowest BCUT2D eigenvalue weighted by molar-refractivity contribution is -0.127. The Morgan fingerprint density at radius 3 is 2.20 bits per heavy atom. The van der Waals surface area contributed by atoms with Gasteiger partial charge in [-0.3, -0.25) is 4.98 Å². The lowest BCUT2D eigenvalue weighted by Crippen LogP contribution is -2.17. The molecule has 0 spiro atoms. The van der Waals surface area contributed by atoms with E-state index in [9.17, 15) is 13.2 Å². The monoisotopic (exact) mass is 217 g/mol. The summed E-state index contributed by atoms with van der Waals surface area (Å²) in [6.07, 6.45) is -5.15. The second-order valence-electron chi connectivity index (χ2n) is 4.56. The van der Waals surface area contributed by atoms with Crippen LogP contribution >= 0.6 is 0 Å². The Kier molecular flexibility index (Phi) is 3.07. The van der Waals surface area contributed by atoms with E-state index in [-0.39, 0.29) is 11.1 Å². The Hall–Kier alpha value is -1.06. The van der Waals surface area contributed by atoms with Crippen LogP contribution in [0.5, 0.6) is 0 Å². The molecule has 0 aliphatic rings. The number of halogens is 3. The lowest BCUT2D eigenvalue weighted by atomic mass is 9.91. The molecule has 0 saturated heterocycles. The van der Waals surface area contributed by atoms with Gasteiger partial charge in [0.25, 0.3) is 0 Å². The van der Waals surface area contributed by atoms with Crippen LogP contribution in [-0.2, 0) is 11.8 Å². The van der Waals surface area contributed by atoms with Crippen LogP contribution in [0.4, 0.5) is 13.2 Å². The molecule has 1 aromatic heterocycles. The van der Waals surface area contributed by atoms with Crippen molar-refractivity contribution in [1.82, 2.24) is 4.98 Å². The van der Waals surface area contributed by atoms with Crippen molar-refractivity contribution in [3.63, 3.8) is 0 Å². The number of hydrogen-bond acceptors (Lipinski definition) is 1. The second-order valence-corrected chi connectivity index (χ2v) is 4.56. The van der Waals surface area contributed by atoms with Crippen LogP contribution in [-0.4, -0.2) is 11.2 Å². The average Bonchev–Trinajstić information content (AvgIpc) is 1.99. The number of aromatic nitrogens is 1. The van der Waals surface area contributed by atoms with E-state index >= 15 is 0 Å². The van der Waals surface area contributed by atoms with Gasteiger partial charge in [0, 0.05) is 16.8 Å². The summed E-state index contributed by atoms with van der Waals surface area (Å²) in [5.41, 5.74) is 0.542. The summed E-state index contributed by atoms with van der Waals surface area (Å²) in [5, 5.41) is 0. The summed E-state index contributed by atoms with van der Waals surface area (Å²) in [6.45, 7) is 5.77. The maximum atomic E-state index is 12.1. The van der Waals surface area contributed by atoms with Crippen molar-refractivity contribution < 1.29 is 13.2 Å². The van der Waals surface area contributed by atoms with Crippen LogP contribution in [0, 0.1) is 0 Å². The highest BCUT2D eigenvalue weighted by atomic mass is 19.4. The highest BCUT2D eigenvalue weighted by Crippen LogP contribution is 2.23. The first kappa shape index (κ1) is 12.0. The van der Waals surface area contributed by atoms with Crippen LogP contribution < -0.4 is 0 Å². The standard InChI is InChI=1S/C11H14F3N/c1-10(2,3)9-6-4-5-8(15-9)7-11(12,13)14/h4-6H,7H2,1-3H3. The Morgan fingerprint density at radius 1 is 1.13 bits per heavy atom. The molecule has 0 fully saturated rings. The summed E-state index contributed by atoms with van der Waals surface area (Å²) in [7, 11) is 0. The molecule has 1 nitrogen and oxygen atoms in total. The minimum Gasteiger partial charge on any atom is -0.257 e. The van der Waals surface area contributed by atoms with Gasteiger partial charge < -0.3 is 0 Å². The Morgan fingerprint density at radius 2 is 1.73 bits per heavy atom. The minimum absolute atomic E-state index is 0.0786. The normalized spacial score (nSPS) is 12.9. The van der Waals surface area contributed by atoms with Crippen molar-refractivity contribution in [3.05, 3.63) is 29.6 Å². The highest BCUT2D eigenvalue weighted by molar-refractivity contribution is 5.18. The van der Waals surface area contributed by atoms with E-state index in [4.69, 9.17) is 0 Å². The first-order chi connectivity index (χ1) is 6.68. The summed E-state index contributed by atoms with van der Waals surface area (Å²) < 4.78 is 36.4. The zero-order valence-corrected chi connectivity index (χ0v) is 9.02. The molecule has 4 heteroatoms. The molecular formula is C11H14F3N. The van der Waals surface area contributed by atoms with Crippen molar-refractivity contribution in [2.75, 3.05) is 0 Å². The molecule has 0 aliphatic carbocycles. The molecule has 0 N–H and O–H groups in total. The predicted octanol–water partition coefficient (Wildman–Crippen LogP) is 3.48. The van der Waals surface area contributed by atoms with E-state index in [1.807, 2.05) is 20.8 Å². The molecule has 84 valence electrons. The van der Waals surface area contributed by atoms with Gasteiger partial charge in [-0.25, -0.2) is 0 Å². The van der Waals surface area contributed by atoms with Crippen molar-refractivity contribution in [3.8, 4) is 0 Å². The van der Waals surface area contributed by atoms with Gasteiger partial charge in [0.05, 0.1) is 6.42 Å². The van der Waals surface area contributed by atoms with Gasteiger partial charge >= 0.3 is 6.18 Å². The number of hydrogen-bond donors (Lipinski definition) is 0. The maximum Gasteiger partial charge on any atom is 0.394 e. The average molecular weight is 217 g/mol. The summed E-state index contributed by atoms with van der Waals surface area (Å²) >= 11 is 0. The molecule has 0 atom stereocenters. The van der Waals surface area contributed by atoms with Crippen molar-refractivity contribution >= 4 is 0 Å². The van der Waals surface area contributed by atoms with E-state index in [2.05, 4.69) is 4.98 Å². The third-order valence-electron chi connectivity index (χ3n) is 1.96. The van der Waals surface area contributed by atoms with Gasteiger partial charge in [-0.1, -0.05) is 26.8 Å². The number of rotatable bonds is 1. The number of pyridine rings is 1. The van der Waals surface area contributed by atoms with Crippen molar-refractivity contribution in [1.29, 1.82) is 0 Å². The highest BCUT2D eigenvalue weighted by Gasteiger charge is 2.28. The van der Waals surface area contributed by atoms with E-state index in [1.165, 1.54) is 6.07 Å². The van der Waals surface area contributed by atoms with E-state index in [0.717, 1.165) is 0 Å². The van der Waals surface area contributed by atoms with Gasteiger partial charge in [0.2, 0.25) is 0 Å². The second kappa shape index (κ2) is 3.83. The zero-order valence-electron chi connectivity index (χ0n) is 9.02. The van der Waals surface area contributed by atoms with Crippen molar-refractivity contribution in [2.24, 2.45) is 0 Å². The summed E-state index contributed by atoms with van der Waals surface area (Å²) in [4.78, 5) is 4.01. The van der Waals surface area contributed by atoms with Crippen LogP contribution in [0.2, 0.25) is 0 Å². The first-order valence-corrected chi connectivity index (χ1v) is 4.72. The first-order valence-electron chi connectivity index (χ1n) is 4.72. The summed E-state index contributed by atoms with van der Waals surface area (Å²) in [6, 6.07) is 4.78.